The van der Waals surface area contributed by atoms with Crippen molar-refractivity contribution in [3.63, 3.8) is 0 Å². The molecule has 1 amide bonds. The maximum atomic E-state index is 12.8. The Balaban J connectivity index is 2.07. The smallest absolute Gasteiger partial charge is 0.252 e. The summed E-state index contributed by atoms with van der Waals surface area (Å²) in [6.07, 6.45) is 3.05. The van der Waals surface area contributed by atoms with Gasteiger partial charge in [-0.25, -0.2) is 9.67 Å². The second-order valence-electron chi connectivity index (χ2n) is 8.26. The van der Waals surface area contributed by atoms with Crippen LogP contribution < -0.4 is 11.1 Å². The molecule has 2 heterocycles. The normalized spacial score (nSPS) is 16.2. The van der Waals surface area contributed by atoms with Gasteiger partial charge in [0.2, 0.25) is 0 Å². The topological polar surface area (TPSA) is 85.8 Å². The fourth-order valence-corrected chi connectivity index (χ4v) is 3.05. The Morgan fingerprint density at radius 3 is 2.68 bits per heavy atom. The molecule has 0 radical (unpaired) electrons. The zero-order chi connectivity index (χ0) is 18.4. The molecule has 2 aromatic heterocycles. The van der Waals surface area contributed by atoms with E-state index in [2.05, 4.69) is 31.2 Å². The third-order valence-corrected chi connectivity index (χ3v) is 4.59. The summed E-state index contributed by atoms with van der Waals surface area (Å²) >= 11 is 0. The quantitative estimate of drug-likeness (QED) is 0.874. The molecular weight excluding hydrogens is 314 g/mol. The van der Waals surface area contributed by atoms with Gasteiger partial charge in [0.1, 0.15) is 0 Å². The predicted octanol–water partition coefficient (Wildman–Crippen LogP) is 2.84. The van der Waals surface area contributed by atoms with Crippen LogP contribution in [-0.4, -0.2) is 33.3 Å². The molecule has 1 saturated carbocycles. The summed E-state index contributed by atoms with van der Waals surface area (Å²) in [6.45, 7) is 10.8. The minimum atomic E-state index is -0.190. The van der Waals surface area contributed by atoms with E-state index in [-0.39, 0.29) is 17.5 Å². The number of fused-ring (bicyclic) bond motifs is 1. The molecule has 0 saturated heterocycles. The van der Waals surface area contributed by atoms with Gasteiger partial charge < -0.3 is 11.1 Å². The first kappa shape index (κ1) is 17.9. The van der Waals surface area contributed by atoms with E-state index >= 15 is 0 Å². The van der Waals surface area contributed by atoms with Crippen molar-refractivity contribution in [1.29, 1.82) is 0 Å². The van der Waals surface area contributed by atoms with E-state index in [0.717, 1.165) is 41.7 Å². The molecule has 3 N–H and O–H groups in total. The molecule has 1 fully saturated rings. The fraction of sp³-hybridized carbons (Fsp3) is 0.632. The predicted molar refractivity (Wildman–Crippen MR) is 99.8 cm³/mol. The molecule has 3 rings (SSSR count). The average Bonchev–Trinajstić information content (AvgIpc) is 3.29. The lowest BCUT2D eigenvalue weighted by Crippen LogP contribution is -2.29. The number of nitrogens with two attached hydrogens (primary N) is 1. The van der Waals surface area contributed by atoms with Crippen molar-refractivity contribution in [1.82, 2.24) is 20.1 Å². The van der Waals surface area contributed by atoms with E-state index in [0.29, 0.717) is 18.0 Å². The van der Waals surface area contributed by atoms with Crippen molar-refractivity contribution in [2.24, 2.45) is 5.73 Å². The summed E-state index contributed by atoms with van der Waals surface area (Å²) < 4.78 is 1.95. The van der Waals surface area contributed by atoms with E-state index in [1.54, 1.807) is 0 Å². The molecule has 136 valence electrons. The van der Waals surface area contributed by atoms with Gasteiger partial charge in [-0.3, -0.25) is 4.79 Å². The van der Waals surface area contributed by atoms with Gasteiger partial charge in [-0.05, 0) is 59.9 Å². The zero-order valence-corrected chi connectivity index (χ0v) is 15.9. The Labute approximate surface area is 149 Å². The summed E-state index contributed by atoms with van der Waals surface area (Å²) in [7, 11) is 0. The first-order valence-corrected chi connectivity index (χ1v) is 9.13. The summed E-state index contributed by atoms with van der Waals surface area (Å²) in [5.41, 5.74) is 8.94. The minimum absolute atomic E-state index is 0.0634. The molecule has 25 heavy (non-hydrogen) atoms. The minimum Gasteiger partial charge on any atom is -0.352 e. The number of nitrogens with one attached hydrogen (secondary N) is 1. The number of hydrogen-bond acceptors (Lipinski definition) is 4. The average molecular weight is 343 g/mol. The molecule has 6 nitrogen and oxygen atoms in total. The summed E-state index contributed by atoms with van der Waals surface area (Å²) in [5.74, 6) is 0.412. The number of carbonyl (C=O) groups is 1. The molecule has 6 heteroatoms. The lowest BCUT2D eigenvalue weighted by Gasteiger charge is -2.20. The molecule has 1 unspecified atom stereocenters. The molecule has 0 aliphatic heterocycles. The van der Waals surface area contributed by atoms with Crippen LogP contribution in [-0.2, 0) is 5.54 Å². The number of rotatable bonds is 5. The summed E-state index contributed by atoms with van der Waals surface area (Å²) in [6, 6.07) is 2.04. The van der Waals surface area contributed by atoms with Gasteiger partial charge in [0.25, 0.3) is 5.91 Å². The van der Waals surface area contributed by atoms with Gasteiger partial charge in [-0.1, -0.05) is 0 Å². The molecule has 2 aromatic rings. The molecule has 1 aliphatic rings. The van der Waals surface area contributed by atoms with Crippen molar-refractivity contribution in [2.75, 3.05) is 6.54 Å². The number of nitrogens with zero attached hydrogens (tertiary/aromatic N) is 3. The van der Waals surface area contributed by atoms with E-state index < -0.39 is 0 Å². The lowest BCUT2D eigenvalue weighted by atomic mass is 10.1. The second kappa shape index (κ2) is 6.41. The van der Waals surface area contributed by atoms with Crippen LogP contribution in [0, 0.1) is 6.92 Å². The molecule has 0 aromatic carbocycles. The van der Waals surface area contributed by atoms with E-state index in [9.17, 15) is 4.79 Å². The Morgan fingerprint density at radius 1 is 1.44 bits per heavy atom. The van der Waals surface area contributed by atoms with Crippen molar-refractivity contribution >= 4 is 16.9 Å². The van der Waals surface area contributed by atoms with Gasteiger partial charge in [0, 0.05) is 24.2 Å². The number of aryl methyl sites for hydroxylation is 1. The molecule has 0 spiro atoms. The van der Waals surface area contributed by atoms with Gasteiger partial charge >= 0.3 is 0 Å². The summed E-state index contributed by atoms with van der Waals surface area (Å²) in [4.78, 5) is 17.7. The van der Waals surface area contributed by atoms with Crippen LogP contribution in [0.4, 0.5) is 0 Å². The molecule has 1 atom stereocenters. The van der Waals surface area contributed by atoms with Crippen LogP contribution in [0.3, 0.4) is 0 Å². The highest BCUT2D eigenvalue weighted by Crippen LogP contribution is 2.40. The molecule has 0 bridgehead atoms. The van der Waals surface area contributed by atoms with Crippen molar-refractivity contribution in [3.05, 3.63) is 23.0 Å². The standard InChI is InChI=1S/C19H29N5O/c1-11(20)8-9-21-18(25)14-10-15(13-6-7-13)22-17-16(14)12(2)23-24(17)19(3,4)5/h10-11,13H,6-9,20H2,1-5H3,(H,21,25). The maximum absolute atomic E-state index is 12.8. The van der Waals surface area contributed by atoms with Crippen molar-refractivity contribution in [2.45, 2.75) is 71.4 Å². The number of amides is 1. The highest BCUT2D eigenvalue weighted by atomic mass is 16.1. The van der Waals surface area contributed by atoms with Crippen LogP contribution in [0.5, 0.6) is 0 Å². The van der Waals surface area contributed by atoms with Crippen molar-refractivity contribution < 1.29 is 4.79 Å². The number of pyridine rings is 1. The lowest BCUT2D eigenvalue weighted by molar-refractivity contribution is 0.0954. The largest absolute Gasteiger partial charge is 0.352 e. The fourth-order valence-electron chi connectivity index (χ4n) is 3.05. The van der Waals surface area contributed by atoms with Crippen molar-refractivity contribution in [3.8, 4) is 0 Å². The third-order valence-electron chi connectivity index (χ3n) is 4.59. The van der Waals surface area contributed by atoms with Crippen LogP contribution >= 0.6 is 0 Å². The first-order valence-electron chi connectivity index (χ1n) is 9.13. The van der Waals surface area contributed by atoms with E-state index in [1.165, 1.54) is 0 Å². The monoisotopic (exact) mass is 343 g/mol. The van der Waals surface area contributed by atoms with Crippen LogP contribution in [0.1, 0.15) is 74.6 Å². The number of aromatic nitrogens is 3. The highest BCUT2D eigenvalue weighted by molar-refractivity contribution is 6.06. The summed E-state index contributed by atoms with van der Waals surface area (Å²) in [5, 5.41) is 8.55. The SMILES string of the molecule is Cc1nn(C(C)(C)C)c2nc(C3CC3)cc(C(=O)NCCC(C)N)c12. The van der Waals surface area contributed by atoms with E-state index in [1.807, 2.05) is 24.6 Å². The Kier molecular flexibility index (Phi) is 4.58. The first-order chi connectivity index (χ1) is 11.7. The van der Waals surface area contributed by atoms with Gasteiger partial charge in [0.15, 0.2) is 5.65 Å². The number of carbonyl (C=O) groups excluding carboxylic acids is 1. The third kappa shape index (κ3) is 3.68. The van der Waals surface area contributed by atoms with Gasteiger partial charge in [0.05, 0.1) is 22.2 Å². The van der Waals surface area contributed by atoms with Crippen LogP contribution in [0.15, 0.2) is 6.07 Å². The van der Waals surface area contributed by atoms with Crippen LogP contribution in [0.25, 0.3) is 11.0 Å². The second-order valence-corrected chi connectivity index (χ2v) is 8.26. The van der Waals surface area contributed by atoms with Gasteiger partial charge in [-0.15, -0.1) is 0 Å². The highest BCUT2D eigenvalue weighted by Gasteiger charge is 2.30. The Bertz CT molecular complexity index is 796. The Morgan fingerprint density at radius 2 is 2.12 bits per heavy atom. The molecular formula is C19H29N5O. The molecule has 1 aliphatic carbocycles. The van der Waals surface area contributed by atoms with Gasteiger partial charge in [-0.2, -0.15) is 5.10 Å². The van der Waals surface area contributed by atoms with E-state index in [4.69, 9.17) is 10.7 Å². The Hall–Kier alpha value is -1.95. The van der Waals surface area contributed by atoms with Crippen LogP contribution in [0.2, 0.25) is 0 Å². The maximum Gasteiger partial charge on any atom is 0.252 e. The number of hydrogen-bond donors (Lipinski definition) is 2. The zero-order valence-electron chi connectivity index (χ0n) is 15.9.